The van der Waals surface area contributed by atoms with E-state index in [-0.39, 0.29) is 6.54 Å². The van der Waals surface area contributed by atoms with Crippen LogP contribution in [-0.2, 0) is 16.2 Å². The lowest BCUT2D eigenvalue weighted by molar-refractivity contribution is -0.137. The third kappa shape index (κ3) is 3.07. The van der Waals surface area contributed by atoms with E-state index in [2.05, 4.69) is 4.72 Å². The average molecular weight is 294 g/mol. The number of nitrogens with one attached hydrogen (secondary N) is 1. The number of hydrogen-bond acceptors (Lipinski definition) is 3. The lowest BCUT2D eigenvalue weighted by atomic mass is 10.2. The van der Waals surface area contributed by atoms with Crippen molar-refractivity contribution in [3.8, 4) is 0 Å². The van der Waals surface area contributed by atoms with Gasteiger partial charge in [0.1, 0.15) is 0 Å². The first kappa shape index (κ1) is 14.3. The second kappa shape index (κ2) is 4.46. The first-order valence-corrected chi connectivity index (χ1v) is 7.08. The molecule has 2 rings (SSSR count). The molecule has 1 aliphatic carbocycles. The third-order valence-corrected chi connectivity index (χ3v) is 4.64. The second-order valence-electron chi connectivity index (χ2n) is 4.62. The number of sulfonamides is 1. The van der Waals surface area contributed by atoms with Gasteiger partial charge in [0, 0.05) is 12.1 Å². The van der Waals surface area contributed by atoms with Gasteiger partial charge >= 0.3 is 6.18 Å². The topological polar surface area (TPSA) is 72.2 Å². The van der Waals surface area contributed by atoms with E-state index >= 15 is 0 Å². The highest BCUT2D eigenvalue weighted by molar-refractivity contribution is 7.89. The number of nitrogens with two attached hydrogens (primary N) is 1. The zero-order chi connectivity index (χ0) is 14.3. The summed E-state index contributed by atoms with van der Waals surface area (Å²) in [6.07, 6.45) is -3.37. The fraction of sp³-hybridized carbons (Fsp3) is 0.455. The normalized spacial score (nSPS) is 18.3. The van der Waals surface area contributed by atoms with Crippen molar-refractivity contribution in [2.75, 3.05) is 6.54 Å². The Hall–Kier alpha value is -1.12. The molecule has 106 valence electrons. The zero-order valence-electron chi connectivity index (χ0n) is 9.87. The number of alkyl halides is 3. The second-order valence-corrected chi connectivity index (χ2v) is 6.30. The minimum absolute atomic E-state index is 0.130. The molecule has 1 aromatic carbocycles. The zero-order valence-corrected chi connectivity index (χ0v) is 10.7. The van der Waals surface area contributed by atoms with Crippen LogP contribution in [0.1, 0.15) is 18.4 Å². The molecule has 0 aliphatic heterocycles. The Balaban J connectivity index is 2.31. The fourth-order valence-electron chi connectivity index (χ4n) is 1.68. The van der Waals surface area contributed by atoms with Crippen LogP contribution in [0.15, 0.2) is 29.2 Å². The van der Waals surface area contributed by atoms with E-state index in [1.807, 2.05) is 0 Å². The Morgan fingerprint density at radius 1 is 1.32 bits per heavy atom. The first-order valence-electron chi connectivity index (χ1n) is 5.60. The molecule has 8 heteroatoms. The Bertz CT molecular complexity index is 580. The van der Waals surface area contributed by atoms with Gasteiger partial charge in [-0.15, -0.1) is 0 Å². The lowest BCUT2D eigenvalue weighted by Crippen LogP contribution is -2.42. The number of halogens is 3. The molecule has 0 spiro atoms. The van der Waals surface area contributed by atoms with Crippen LogP contribution in [0.5, 0.6) is 0 Å². The molecule has 1 aliphatic rings. The van der Waals surface area contributed by atoms with Gasteiger partial charge in [-0.3, -0.25) is 0 Å². The number of rotatable bonds is 4. The molecule has 0 saturated heterocycles. The maximum absolute atomic E-state index is 12.5. The predicted molar refractivity (Wildman–Crippen MR) is 62.8 cm³/mol. The molecule has 0 bridgehead atoms. The molecule has 1 saturated carbocycles. The van der Waals surface area contributed by atoms with Gasteiger partial charge in [-0.05, 0) is 31.0 Å². The summed E-state index contributed by atoms with van der Waals surface area (Å²) in [4.78, 5) is -0.401. The predicted octanol–water partition coefficient (Wildman–Crippen LogP) is 1.48. The number of benzene rings is 1. The molecule has 3 N–H and O–H groups in total. The summed E-state index contributed by atoms with van der Waals surface area (Å²) in [6.45, 7) is 0.130. The molecule has 0 amide bonds. The van der Waals surface area contributed by atoms with Crippen molar-refractivity contribution < 1.29 is 21.6 Å². The van der Waals surface area contributed by atoms with Crippen LogP contribution in [0.2, 0.25) is 0 Å². The maximum atomic E-state index is 12.5. The molecule has 1 aromatic rings. The monoisotopic (exact) mass is 294 g/mol. The average Bonchev–Trinajstić information content (AvgIpc) is 3.08. The van der Waals surface area contributed by atoms with Crippen molar-refractivity contribution in [2.24, 2.45) is 5.73 Å². The molecule has 4 nitrogen and oxygen atoms in total. The van der Waals surface area contributed by atoms with Crippen molar-refractivity contribution in [3.63, 3.8) is 0 Å². The molecule has 0 heterocycles. The van der Waals surface area contributed by atoms with Gasteiger partial charge in [-0.1, -0.05) is 6.07 Å². The minimum Gasteiger partial charge on any atom is -0.329 e. The molecular weight excluding hydrogens is 281 g/mol. The van der Waals surface area contributed by atoms with Crippen molar-refractivity contribution in [1.82, 2.24) is 4.72 Å². The van der Waals surface area contributed by atoms with Gasteiger partial charge in [0.2, 0.25) is 10.0 Å². The summed E-state index contributed by atoms with van der Waals surface area (Å²) >= 11 is 0. The van der Waals surface area contributed by atoms with E-state index in [1.165, 1.54) is 0 Å². The van der Waals surface area contributed by atoms with Crippen molar-refractivity contribution in [1.29, 1.82) is 0 Å². The maximum Gasteiger partial charge on any atom is 0.416 e. The molecule has 0 atom stereocenters. The Kier molecular flexibility index (Phi) is 3.36. The van der Waals surface area contributed by atoms with Crippen LogP contribution >= 0.6 is 0 Å². The van der Waals surface area contributed by atoms with Crippen molar-refractivity contribution in [2.45, 2.75) is 29.5 Å². The summed E-state index contributed by atoms with van der Waals surface area (Å²) < 4.78 is 64.0. The Labute approximate surface area is 108 Å². The van der Waals surface area contributed by atoms with Crippen LogP contribution < -0.4 is 10.5 Å². The van der Waals surface area contributed by atoms with Gasteiger partial charge in [0.25, 0.3) is 0 Å². The van der Waals surface area contributed by atoms with E-state index in [0.717, 1.165) is 18.2 Å². The Morgan fingerprint density at radius 2 is 1.95 bits per heavy atom. The van der Waals surface area contributed by atoms with E-state index in [4.69, 9.17) is 5.73 Å². The minimum atomic E-state index is -4.57. The SMILES string of the molecule is NCC1(NS(=O)(=O)c2cccc(C(F)(F)F)c2)CC1. The summed E-state index contributed by atoms with van der Waals surface area (Å²) in [5, 5.41) is 0. The quantitative estimate of drug-likeness (QED) is 0.883. The van der Waals surface area contributed by atoms with Gasteiger partial charge in [0.05, 0.1) is 10.5 Å². The van der Waals surface area contributed by atoms with E-state index in [1.54, 1.807) is 0 Å². The third-order valence-electron chi connectivity index (χ3n) is 3.07. The lowest BCUT2D eigenvalue weighted by Gasteiger charge is -2.16. The summed E-state index contributed by atoms with van der Waals surface area (Å²) in [6, 6.07) is 3.65. The number of hydrogen-bond donors (Lipinski definition) is 2. The standard InChI is InChI=1S/C11H13F3N2O2S/c12-11(13,14)8-2-1-3-9(6-8)19(17,18)16-10(7-15)4-5-10/h1-3,6,16H,4-5,7,15H2. The van der Waals surface area contributed by atoms with Crippen LogP contribution in [0.25, 0.3) is 0 Å². The smallest absolute Gasteiger partial charge is 0.329 e. The van der Waals surface area contributed by atoms with Crippen LogP contribution in [0.3, 0.4) is 0 Å². The highest BCUT2D eigenvalue weighted by atomic mass is 32.2. The summed E-state index contributed by atoms with van der Waals surface area (Å²) in [5.41, 5.74) is 3.77. The molecular formula is C11H13F3N2O2S. The van der Waals surface area contributed by atoms with Crippen molar-refractivity contribution in [3.05, 3.63) is 29.8 Å². The largest absolute Gasteiger partial charge is 0.416 e. The summed E-state index contributed by atoms with van der Waals surface area (Å²) in [5.74, 6) is 0. The van der Waals surface area contributed by atoms with Crippen molar-refractivity contribution >= 4 is 10.0 Å². The molecule has 19 heavy (non-hydrogen) atoms. The Morgan fingerprint density at radius 3 is 2.42 bits per heavy atom. The molecule has 0 unspecified atom stereocenters. The van der Waals surface area contributed by atoms with E-state index in [9.17, 15) is 21.6 Å². The summed E-state index contributed by atoms with van der Waals surface area (Å²) in [7, 11) is -3.98. The highest BCUT2D eigenvalue weighted by Crippen LogP contribution is 2.36. The van der Waals surface area contributed by atoms with Crippen LogP contribution in [0.4, 0.5) is 13.2 Å². The molecule has 0 aromatic heterocycles. The molecule has 1 fully saturated rings. The highest BCUT2D eigenvalue weighted by Gasteiger charge is 2.45. The van der Waals surface area contributed by atoms with Gasteiger partial charge in [-0.25, -0.2) is 13.1 Å². The van der Waals surface area contributed by atoms with Crippen LogP contribution in [-0.4, -0.2) is 20.5 Å². The van der Waals surface area contributed by atoms with Gasteiger partial charge in [0.15, 0.2) is 0 Å². The van der Waals surface area contributed by atoms with Crippen LogP contribution in [0, 0.1) is 0 Å². The fourth-order valence-corrected chi connectivity index (χ4v) is 3.20. The van der Waals surface area contributed by atoms with Gasteiger partial charge in [-0.2, -0.15) is 13.2 Å². The van der Waals surface area contributed by atoms with E-state index < -0.39 is 32.2 Å². The van der Waals surface area contributed by atoms with Gasteiger partial charge < -0.3 is 5.73 Å². The molecule has 0 radical (unpaired) electrons. The first-order chi connectivity index (χ1) is 8.69. The van der Waals surface area contributed by atoms with E-state index in [0.29, 0.717) is 18.9 Å².